The number of nitrogens with zero attached hydrogens (tertiary/aromatic N) is 6. The highest BCUT2D eigenvalue weighted by atomic mass is 19.1. The van der Waals surface area contributed by atoms with Crippen molar-refractivity contribution in [1.82, 2.24) is 29.2 Å². The molecule has 3 N–H and O–H groups in total. The first-order chi connectivity index (χ1) is 24.2. The minimum absolute atomic E-state index is 0.00791. The van der Waals surface area contributed by atoms with Crippen LogP contribution in [-0.2, 0) is 6.54 Å². The summed E-state index contributed by atoms with van der Waals surface area (Å²) in [6.45, 7) is 2.13. The Labute approximate surface area is 287 Å². The predicted molar refractivity (Wildman–Crippen MR) is 188 cm³/mol. The van der Waals surface area contributed by atoms with Crippen molar-refractivity contribution in [3.05, 3.63) is 111 Å². The van der Waals surface area contributed by atoms with Gasteiger partial charge in [-0.2, -0.15) is 0 Å². The third-order valence-corrected chi connectivity index (χ3v) is 9.71. The van der Waals surface area contributed by atoms with Crippen LogP contribution in [-0.4, -0.2) is 85.3 Å². The molecule has 1 unspecified atom stereocenters. The summed E-state index contributed by atoms with van der Waals surface area (Å²) in [5.41, 5.74) is 1.83. The summed E-state index contributed by atoms with van der Waals surface area (Å²) < 4.78 is 30.8. The first-order valence-electron chi connectivity index (χ1n) is 16.9. The van der Waals surface area contributed by atoms with Gasteiger partial charge in [0.05, 0.1) is 29.9 Å². The summed E-state index contributed by atoms with van der Waals surface area (Å²) in [7, 11) is 1.87. The minimum atomic E-state index is -0.672. The smallest absolute Gasteiger partial charge is 0.337 e. The van der Waals surface area contributed by atoms with E-state index in [0.29, 0.717) is 44.7 Å². The lowest BCUT2D eigenvalue weighted by atomic mass is 9.90. The number of aromatic nitrogens is 3. The Balaban J connectivity index is 1.17. The van der Waals surface area contributed by atoms with Gasteiger partial charge in [-0.3, -0.25) is 19.3 Å². The second-order valence-corrected chi connectivity index (χ2v) is 13.2. The second-order valence-electron chi connectivity index (χ2n) is 13.2. The number of aliphatic imine (C=N–C) groups is 1. The molecule has 1 atom stereocenters. The molecule has 3 aliphatic rings. The number of hydrogen-bond donors (Lipinski definition) is 3. The van der Waals surface area contributed by atoms with Crippen LogP contribution in [0.2, 0.25) is 0 Å². The van der Waals surface area contributed by atoms with Crippen molar-refractivity contribution >= 4 is 16.9 Å². The molecule has 2 aromatic carbocycles. The Kier molecular flexibility index (Phi) is 9.45. The first-order valence-corrected chi connectivity index (χ1v) is 16.9. The molecule has 13 heteroatoms. The van der Waals surface area contributed by atoms with Gasteiger partial charge in [0.25, 0.3) is 5.56 Å². The van der Waals surface area contributed by atoms with Gasteiger partial charge in [0.1, 0.15) is 23.2 Å². The second kappa shape index (κ2) is 14.1. The average molecular weight is 684 g/mol. The van der Waals surface area contributed by atoms with Crippen LogP contribution in [0.1, 0.15) is 37.3 Å². The fraction of sp³-hybridized carbons (Fsp3) is 0.351. The highest BCUT2D eigenvalue weighted by Crippen LogP contribution is 2.31. The average Bonchev–Trinajstić information content (AvgIpc) is 3.51. The summed E-state index contributed by atoms with van der Waals surface area (Å²) in [5, 5.41) is 23.2. The minimum Gasteiger partial charge on any atom is -0.508 e. The molecule has 4 aromatic rings. The number of aromatic hydroxyl groups is 1. The van der Waals surface area contributed by atoms with Gasteiger partial charge in [-0.15, -0.1) is 0 Å². The van der Waals surface area contributed by atoms with Crippen molar-refractivity contribution in [2.75, 3.05) is 33.3 Å². The van der Waals surface area contributed by atoms with Crippen molar-refractivity contribution in [3.8, 4) is 22.6 Å². The van der Waals surface area contributed by atoms with E-state index in [1.165, 1.54) is 21.4 Å². The van der Waals surface area contributed by atoms with E-state index in [4.69, 9.17) is 0 Å². The Morgan fingerprint density at radius 1 is 1.04 bits per heavy atom. The van der Waals surface area contributed by atoms with Gasteiger partial charge in [0.15, 0.2) is 5.65 Å². The summed E-state index contributed by atoms with van der Waals surface area (Å²) >= 11 is 0. The molecule has 0 bridgehead atoms. The Hall–Kier alpha value is -4.98. The Bertz CT molecular complexity index is 2130. The molecule has 0 spiro atoms. The van der Waals surface area contributed by atoms with Gasteiger partial charge in [0, 0.05) is 44.5 Å². The monoisotopic (exact) mass is 683 g/mol. The van der Waals surface area contributed by atoms with Gasteiger partial charge in [-0.1, -0.05) is 18.2 Å². The molecule has 1 aliphatic carbocycles. The number of phenols is 1. The number of pyridine rings is 1. The molecular formula is C37H39F2N7O4. The van der Waals surface area contributed by atoms with Gasteiger partial charge in [-0.05, 0) is 91.9 Å². The highest BCUT2D eigenvalue weighted by Gasteiger charge is 2.29. The number of likely N-dealkylation sites (N-methyl/N-ethyl adjacent to an activating group) is 1. The quantitative estimate of drug-likeness (QED) is 0.229. The fourth-order valence-corrected chi connectivity index (χ4v) is 7.26. The van der Waals surface area contributed by atoms with Gasteiger partial charge in [0.2, 0.25) is 0 Å². The molecule has 50 heavy (non-hydrogen) atoms. The maximum absolute atomic E-state index is 14.5. The Morgan fingerprint density at radius 3 is 2.66 bits per heavy atom. The zero-order valence-corrected chi connectivity index (χ0v) is 27.7. The Morgan fingerprint density at radius 2 is 1.86 bits per heavy atom. The summed E-state index contributed by atoms with van der Waals surface area (Å²) in [5.74, 6) is -0.110. The van der Waals surface area contributed by atoms with Crippen molar-refractivity contribution in [1.29, 1.82) is 0 Å². The maximum atomic E-state index is 14.5. The molecular weight excluding hydrogens is 644 g/mol. The number of rotatable bonds is 10. The van der Waals surface area contributed by atoms with Gasteiger partial charge in [-0.25, -0.2) is 23.1 Å². The number of amidine groups is 1. The van der Waals surface area contributed by atoms with Crippen LogP contribution in [0.3, 0.4) is 0 Å². The number of aliphatic hydroxyl groups excluding tert-OH is 1. The molecule has 1 saturated carbocycles. The third-order valence-electron chi connectivity index (χ3n) is 9.71. The number of allylic oxidation sites excluding steroid dienone is 2. The molecule has 2 aliphatic heterocycles. The van der Waals surface area contributed by atoms with Crippen LogP contribution in [0.25, 0.3) is 27.8 Å². The lowest BCUT2D eigenvalue weighted by Crippen LogP contribution is -2.45. The molecule has 0 saturated heterocycles. The number of halogens is 2. The largest absolute Gasteiger partial charge is 0.508 e. The molecule has 0 radical (unpaired) electrons. The summed E-state index contributed by atoms with van der Waals surface area (Å²) in [6.07, 6.45) is 8.13. The highest BCUT2D eigenvalue weighted by molar-refractivity contribution is 5.96. The van der Waals surface area contributed by atoms with Crippen LogP contribution in [0.4, 0.5) is 8.78 Å². The number of fused-ring (bicyclic) bond motifs is 2. The number of hydrogen-bond acceptors (Lipinski definition) is 9. The molecule has 2 aromatic heterocycles. The van der Waals surface area contributed by atoms with Crippen LogP contribution in [0.15, 0.2) is 93.5 Å². The molecule has 7 rings (SSSR count). The zero-order valence-electron chi connectivity index (χ0n) is 27.7. The first kappa shape index (κ1) is 33.5. The third kappa shape index (κ3) is 6.76. The van der Waals surface area contributed by atoms with E-state index in [-0.39, 0.29) is 47.3 Å². The van der Waals surface area contributed by atoms with E-state index in [1.807, 2.05) is 29.0 Å². The van der Waals surface area contributed by atoms with Crippen molar-refractivity contribution in [2.24, 2.45) is 4.99 Å². The van der Waals surface area contributed by atoms with E-state index in [9.17, 15) is 28.6 Å². The molecule has 4 heterocycles. The van der Waals surface area contributed by atoms with E-state index in [2.05, 4.69) is 15.3 Å². The van der Waals surface area contributed by atoms with Crippen molar-refractivity contribution in [3.63, 3.8) is 0 Å². The number of phenolic OH excluding ortho intramolecular Hbond substituents is 1. The standard InChI is InChI=1S/C37H39F2N7O4/c1-43(13-14-47)20-24-16-31(48)10-11-32(24)23-3-2-4-30(15-23)45-35-33(17-26(39)18-41-35)36(49)46(37(45)50)29-8-6-27(7-9-29)40-19-28-22-44-21-25(38)5-12-34(44)42-28/h2-5,10-12,15-18,21,27-29,40,47-48H,6-9,13-14,19-20,22H2,1H3/t27-,28?,29+. The number of nitrogens with one attached hydrogen (secondary N) is 1. The van der Waals surface area contributed by atoms with E-state index in [0.717, 1.165) is 47.6 Å². The summed E-state index contributed by atoms with van der Waals surface area (Å²) in [6, 6.07) is 13.2. The van der Waals surface area contributed by atoms with E-state index < -0.39 is 17.1 Å². The van der Waals surface area contributed by atoms with Crippen molar-refractivity contribution < 1.29 is 19.0 Å². The molecule has 1 fully saturated rings. The molecule has 260 valence electrons. The van der Waals surface area contributed by atoms with Crippen LogP contribution in [0.5, 0.6) is 5.75 Å². The zero-order chi connectivity index (χ0) is 34.9. The fourth-order valence-electron chi connectivity index (χ4n) is 7.26. The predicted octanol–water partition coefficient (Wildman–Crippen LogP) is 4.02. The van der Waals surface area contributed by atoms with E-state index in [1.54, 1.807) is 36.4 Å². The van der Waals surface area contributed by atoms with Gasteiger partial charge < -0.3 is 20.4 Å². The van der Waals surface area contributed by atoms with Crippen molar-refractivity contribution in [2.45, 2.75) is 50.4 Å². The lowest BCUT2D eigenvalue weighted by molar-refractivity contribution is 0.217. The van der Waals surface area contributed by atoms with Crippen LogP contribution in [0, 0.1) is 5.82 Å². The molecule has 0 amide bonds. The SMILES string of the molecule is CN(CCO)Cc1cc(O)ccc1-c1cccc(-n2c(=O)n([C@H]3CC[C@@H](NCC4CN5C=C(F)C=CC5=N4)CC3)c(=O)c3cc(F)cnc32)c1. The number of aliphatic hydroxyl groups is 1. The topological polar surface area (TPSA) is 128 Å². The van der Waals surface area contributed by atoms with Crippen LogP contribution >= 0.6 is 0 Å². The summed E-state index contributed by atoms with van der Waals surface area (Å²) in [4.78, 5) is 40.8. The van der Waals surface area contributed by atoms with Gasteiger partial charge >= 0.3 is 5.69 Å². The lowest BCUT2D eigenvalue weighted by Gasteiger charge is -2.31. The van der Waals surface area contributed by atoms with E-state index >= 15 is 0 Å². The normalized spacial score (nSPS) is 20.3. The van der Waals surface area contributed by atoms with Crippen LogP contribution < -0.4 is 16.6 Å². The molecule has 11 nitrogen and oxygen atoms in total. The number of benzene rings is 2. The maximum Gasteiger partial charge on any atom is 0.337 e.